The molecule has 1 saturated heterocycles. The lowest BCUT2D eigenvalue weighted by atomic mass is 9.93. The average molecular weight is 219 g/mol. The van der Waals surface area contributed by atoms with Gasteiger partial charge in [-0.05, 0) is 50.4 Å². The average Bonchev–Trinajstić information content (AvgIpc) is 2.79. The van der Waals surface area contributed by atoms with Crippen LogP contribution in [0.25, 0.3) is 0 Å². The molecule has 88 valence electrons. The second kappa shape index (κ2) is 4.88. The fourth-order valence-corrected chi connectivity index (χ4v) is 2.39. The van der Waals surface area contributed by atoms with E-state index in [1.54, 1.807) is 0 Å². The largest absolute Gasteiger partial charge is 0.493 e. The van der Waals surface area contributed by atoms with Gasteiger partial charge >= 0.3 is 0 Å². The smallest absolute Gasteiger partial charge is 0.125 e. The summed E-state index contributed by atoms with van der Waals surface area (Å²) in [7, 11) is 0. The zero-order valence-corrected chi connectivity index (χ0v) is 10.5. The minimum atomic E-state index is 0.626. The molecule has 1 aromatic rings. The molecule has 1 unspecified atom stereocenters. The van der Waals surface area contributed by atoms with Crippen molar-refractivity contribution in [3.63, 3.8) is 0 Å². The first kappa shape index (κ1) is 11.5. The minimum absolute atomic E-state index is 0.626. The predicted octanol–water partition coefficient (Wildman–Crippen LogP) is 2.78. The van der Waals surface area contributed by atoms with Crippen LogP contribution in [0.3, 0.4) is 0 Å². The molecule has 0 spiro atoms. The first-order valence-electron chi connectivity index (χ1n) is 6.17. The fraction of sp³-hybridized carbons (Fsp3) is 0.571. The van der Waals surface area contributed by atoms with Crippen molar-refractivity contribution >= 4 is 0 Å². The zero-order chi connectivity index (χ0) is 11.5. The van der Waals surface area contributed by atoms with Gasteiger partial charge < -0.3 is 10.1 Å². The molecule has 1 aliphatic rings. The van der Waals surface area contributed by atoms with Gasteiger partial charge in [0.25, 0.3) is 0 Å². The van der Waals surface area contributed by atoms with E-state index in [0.29, 0.717) is 5.92 Å². The van der Waals surface area contributed by atoms with Crippen molar-refractivity contribution < 1.29 is 4.74 Å². The summed E-state index contributed by atoms with van der Waals surface area (Å²) in [6.45, 7) is 9.32. The van der Waals surface area contributed by atoms with Gasteiger partial charge in [0.05, 0.1) is 6.61 Å². The third kappa shape index (κ3) is 2.07. The Balaban J connectivity index is 2.38. The van der Waals surface area contributed by atoms with Crippen LogP contribution in [-0.2, 0) is 0 Å². The van der Waals surface area contributed by atoms with Gasteiger partial charge in [-0.2, -0.15) is 0 Å². The molecule has 0 aromatic heterocycles. The lowest BCUT2D eigenvalue weighted by Crippen LogP contribution is -2.10. The monoisotopic (exact) mass is 219 g/mol. The van der Waals surface area contributed by atoms with Crippen molar-refractivity contribution in [3.05, 3.63) is 28.8 Å². The molecule has 1 N–H and O–H groups in total. The predicted molar refractivity (Wildman–Crippen MR) is 67.3 cm³/mol. The molecular formula is C14H21NO. The van der Waals surface area contributed by atoms with Crippen LogP contribution in [0.2, 0.25) is 0 Å². The molecule has 0 saturated carbocycles. The van der Waals surface area contributed by atoms with Crippen molar-refractivity contribution in [2.45, 2.75) is 33.1 Å². The maximum atomic E-state index is 5.83. The van der Waals surface area contributed by atoms with E-state index in [1.807, 2.05) is 0 Å². The Labute approximate surface area is 98.0 Å². The molecule has 2 heteroatoms. The molecule has 0 amide bonds. The summed E-state index contributed by atoms with van der Waals surface area (Å²) < 4.78 is 5.83. The van der Waals surface area contributed by atoms with Gasteiger partial charge in [-0.3, -0.25) is 0 Å². The fourth-order valence-electron chi connectivity index (χ4n) is 2.39. The highest BCUT2D eigenvalue weighted by Crippen LogP contribution is 2.34. The number of nitrogens with one attached hydrogen (secondary N) is 1. The van der Waals surface area contributed by atoms with Crippen molar-refractivity contribution in [3.8, 4) is 5.75 Å². The van der Waals surface area contributed by atoms with E-state index in [1.165, 1.54) is 23.1 Å². The lowest BCUT2D eigenvalue weighted by Gasteiger charge is -2.18. The van der Waals surface area contributed by atoms with E-state index in [4.69, 9.17) is 4.74 Å². The van der Waals surface area contributed by atoms with Gasteiger partial charge in [0, 0.05) is 12.5 Å². The lowest BCUT2D eigenvalue weighted by molar-refractivity contribution is 0.332. The van der Waals surface area contributed by atoms with E-state index in [0.717, 1.165) is 25.4 Å². The Morgan fingerprint density at radius 1 is 1.38 bits per heavy atom. The Hall–Kier alpha value is -1.02. The molecule has 16 heavy (non-hydrogen) atoms. The molecule has 2 nitrogen and oxygen atoms in total. The molecule has 1 aromatic carbocycles. The Morgan fingerprint density at radius 2 is 2.19 bits per heavy atom. The van der Waals surface area contributed by atoms with Crippen molar-refractivity contribution in [1.29, 1.82) is 0 Å². The highest BCUT2D eigenvalue weighted by Gasteiger charge is 2.21. The van der Waals surface area contributed by atoms with Crippen LogP contribution in [0, 0.1) is 13.8 Å². The number of hydrogen-bond acceptors (Lipinski definition) is 2. The minimum Gasteiger partial charge on any atom is -0.493 e. The molecule has 0 bridgehead atoms. The van der Waals surface area contributed by atoms with Gasteiger partial charge in [-0.25, -0.2) is 0 Å². The first-order chi connectivity index (χ1) is 7.74. The van der Waals surface area contributed by atoms with E-state index in [-0.39, 0.29) is 0 Å². The van der Waals surface area contributed by atoms with Crippen LogP contribution in [0.5, 0.6) is 5.75 Å². The van der Waals surface area contributed by atoms with E-state index >= 15 is 0 Å². The Morgan fingerprint density at radius 3 is 2.81 bits per heavy atom. The van der Waals surface area contributed by atoms with Crippen LogP contribution in [-0.4, -0.2) is 19.7 Å². The molecule has 1 atom stereocenters. The third-order valence-corrected chi connectivity index (χ3v) is 3.50. The van der Waals surface area contributed by atoms with Gasteiger partial charge in [0.15, 0.2) is 0 Å². The summed E-state index contributed by atoms with van der Waals surface area (Å²) in [5, 5.41) is 3.42. The first-order valence-corrected chi connectivity index (χ1v) is 6.17. The maximum Gasteiger partial charge on any atom is 0.125 e. The molecule has 0 radical (unpaired) electrons. The second-order valence-electron chi connectivity index (χ2n) is 4.55. The molecular weight excluding hydrogens is 198 g/mol. The summed E-state index contributed by atoms with van der Waals surface area (Å²) in [5.41, 5.74) is 4.00. The quantitative estimate of drug-likeness (QED) is 0.844. The molecule has 1 fully saturated rings. The summed E-state index contributed by atoms with van der Waals surface area (Å²) in [5.74, 6) is 1.75. The molecule has 1 heterocycles. The summed E-state index contributed by atoms with van der Waals surface area (Å²) in [6, 6.07) is 4.45. The van der Waals surface area contributed by atoms with E-state index in [2.05, 4.69) is 38.2 Å². The highest BCUT2D eigenvalue weighted by atomic mass is 16.5. The number of benzene rings is 1. The number of aryl methyl sites for hydroxylation is 1. The zero-order valence-electron chi connectivity index (χ0n) is 10.5. The van der Waals surface area contributed by atoms with Gasteiger partial charge in [-0.15, -0.1) is 0 Å². The van der Waals surface area contributed by atoms with Gasteiger partial charge in [-0.1, -0.05) is 12.1 Å². The second-order valence-corrected chi connectivity index (χ2v) is 4.55. The molecule has 1 aliphatic heterocycles. The van der Waals surface area contributed by atoms with Crippen molar-refractivity contribution in [1.82, 2.24) is 5.32 Å². The SMILES string of the molecule is CCOc1c(C2CCNC2)ccc(C)c1C. The van der Waals surface area contributed by atoms with Crippen molar-refractivity contribution in [2.75, 3.05) is 19.7 Å². The van der Waals surface area contributed by atoms with Crippen LogP contribution in [0.1, 0.15) is 36.0 Å². The normalized spacial score (nSPS) is 20.1. The molecule has 0 aliphatic carbocycles. The summed E-state index contributed by atoms with van der Waals surface area (Å²) >= 11 is 0. The molecule has 2 rings (SSSR count). The Bertz CT molecular complexity index is 367. The number of ether oxygens (including phenoxy) is 1. The van der Waals surface area contributed by atoms with Crippen molar-refractivity contribution in [2.24, 2.45) is 0 Å². The van der Waals surface area contributed by atoms with Gasteiger partial charge in [0.2, 0.25) is 0 Å². The van der Waals surface area contributed by atoms with E-state index < -0.39 is 0 Å². The van der Waals surface area contributed by atoms with E-state index in [9.17, 15) is 0 Å². The topological polar surface area (TPSA) is 21.3 Å². The Kier molecular flexibility index (Phi) is 3.49. The summed E-state index contributed by atoms with van der Waals surface area (Å²) in [4.78, 5) is 0. The number of hydrogen-bond donors (Lipinski definition) is 1. The van der Waals surface area contributed by atoms with Crippen LogP contribution >= 0.6 is 0 Å². The number of rotatable bonds is 3. The summed E-state index contributed by atoms with van der Waals surface area (Å²) in [6.07, 6.45) is 1.22. The van der Waals surface area contributed by atoms with Crippen LogP contribution in [0.4, 0.5) is 0 Å². The standard InChI is InChI=1S/C14H21NO/c1-4-16-14-11(3)10(2)5-6-13(14)12-7-8-15-9-12/h5-6,12,15H,4,7-9H2,1-3H3. The van der Waals surface area contributed by atoms with Crippen LogP contribution < -0.4 is 10.1 Å². The van der Waals surface area contributed by atoms with Gasteiger partial charge in [0.1, 0.15) is 5.75 Å². The third-order valence-electron chi connectivity index (χ3n) is 3.50. The highest BCUT2D eigenvalue weighted by molar-refractivity contribution is 5.47. The maximum absolute atomic E-state index is 5.83. The van der Waals surface area contributed by atoms with Crippen LogP contribution in [0.15, 0.2) is 12.1 Å².